The fourth-order valence-corrected chi connectivity index (χ4v) is 2.59. The van der Waals surface area contributed by atoms with Crippen molar-refractivity contribution in [3.63, 3.8) is 0 Å². The smallest absolute Gasteiger partial charge is 0.224 e. The Hall–Kier alpha value is -1.26. The van der Waals surface area contributed by atoms with Gasteiger partial charge in [-0.3, -0.25) is 4.79 Å². The summed E-state index contributed by atoms with van der Waals surface area (Å²) in [7, 11) is 0. The Morgan fingerprint density at radius 2 is 2.10 bits per heavy atom. The van der Waals surface area contributed by atoms with E-state index in [0.717, 1.165) is 24.5 Å². The number of benzene rings is 1. The van der Waals surface area contributed by atoms with Gasteiger partial charge in [0, 0.05) is 19.5 Å². The molecule has 0 saturated carbocycles. The lowest BCUT2D eigenvalue weighted by atomic mass is 10.1. The van der Waals surface area contributed by atoms with E-state index in [2.05, 4.69) is 10.2 Å². The lowest BCUT2D eigenvalue weighted by Gasteiger charge is -2.31. The molecule has 1 aromatic carbocycles. The fraction of sp³-hybridized carbons (Fsp3) is 0.533. The van der Waals surface area contributed by atoms with Gasteiger partial charge >= 0.3 is 0 Å². The Balaban J connectivity index is 2.19. The number of amides is 1. The molecule has 1 amide bonds. The molecule has 5 heteroatoms. The van der Waals surface area contributed by atoms with Gasteiger partial charge in [0.1, 0.15) is 0 Å². The third-order valence-electron chi connectivity index (χ3n) is 3.18. The predicted molar refractivity (Wildman–Crippen MR) is 82.6 cm³/mol. The maximum atomic E-state index is 12.0. The van der Waals surface area contributed by atoms with Crippen LogP contribution in [-0.4, -0.2) is 32.2 Å². The number of hydrogen-bond donors (Lipinski definition) is 1. The molecule has 110 valence electrons. The molecule has 0 atom stereocenters. The second-order valence-electron chi connectivity index (χ2n) is 5.38. The zero-order valence-electron chi connectivity index (χ0n) is 12.0. The summed E-state index contributed by atoms with van der Waals surface area (Å²) in [6.45, 7) is 7.00. The largest absolute Gasteiger partial charge is 0.378 e. The second-order valence-corrected chi connectivity index (χ2v) is 5.79. The Kier molecular flexibility index (Phi) is 5.26. The molecule has 1 aliphatic rings. The highest BCUT2D eigenvalue weighted by Crippen LogP contribution is 2.34. The molecule has 0 spiro atoms. The van der Waals surface area contributed by atoms with Gasteiger partial charge in [-0.05, 0) is 18.1 Å². The van der Waals surface area contributed by atoms with Gasteiger partial charge in [-0.2, -0.15) is 0 Å². The molecule has 1 fully saturated rings. The summed E-state index contributed by atoms with van der Waals surface area (Å²) < 4.78 is 5.36. The number of para-hydroxylation sites is 1. The summed E-state index contributed by atoms with van der Waals surface area (Å²) in [5.74, 6) is 0.359. The van der Waals surface area contributed by atoms with E-state index in [1.165, 1.54) is 0 Å². The van der Waals surface area contributed by atoms with Crippen LogP contribution in [0.1, 0.15) is 20.3 Å². The maximum Gasteiger partial charge on any atom is 0.224 e. The van der Waals surface area contributed by atoms with E-state index in [1.807, 2.05) is 32.0 Å². The van der Waals surface area contributed by atoms with Crippen molar-refractivity contribution < 1.29 is 9.53 Å². The van der Waals surface area contributed by atoms with Crippen LogP contribution < -0.4 is 10.2 Å². The first-order valence-electron chi connectivity index (χ1n) is 6.99. The molecular formula is C15H21ClN2O2. The molecule has 0 aromatic heterocycles. The summed E-state index contributed by atoms with van der Waals surface area (Å²) in [4.78, 5) is 14.1. The van der Waals surface area contributed by atoms with Crippen LogP contribution in [0.15, 0.2) is 18.2 Å². The van der Waals surface area contributed by atoms with E-state index in [0.29, 0.717) is 30.6 Å². The van der Waals surface area contributed by atoms with Crippen molar-refractivity contribution in [2.24, 2.45) is 5.92 Å². The lowest BCUT2D eigenvalue weighted by Crippen LogP contribution is -2.37. The van der Waals surface area contributed by atoms with Crippen molar-refractivity contribution in [1.29, 1.82) is 0 Å². The van der Waals surface area contributed by atoms with Gasteiger partial charge in [0.2, 0.25) is 5.91 Å². The second kappa shape index (κ2) is 6.95. The van der Waals surface area contributed by atoms with Crippen LogP contribution in [0.5, 0.6) is 0 Å². The van der Waals surface area contributed by atoms with Crippen molar-refractivity contribution >= 4 is 28.9 Å². The summed E-state index contributed by atoms with van der Waals surface area (Å²) >= 11 is 6.32. The highest BCUT2D eigenvalue weighted by atomic mass is 35.5. The first kappa shape index (κ1) is 15.1. The van der Waals surface area contributed by atoms with Gasteiger partial charge in [-0.1, -0.05) is 31.5 Å². The molecule has 1 aliphatic heterocycles. The number of anilines is 2. The van der Waals surface area contributed by atoms with E-state index in [4.69, 9.17) is 16.3 Å². The number of nitrogens with one attached hydrogen (secondary N) is 1. The quantitative estimate of drug-likeness (QED) is 0.928. The first-order valence-corrected chi connectivity index (χ1v) is 7.37. The molecule has 0 bridgehead atoms. The zero-order valence-corrected chi connectivity index (χ0v) is 12.7. The van der Waals surface area contributed by atoms with Gasteiger partial charge in [-0.15, -0.1) is 0 Å². The number of carbonyl (C=O) groups is 1. The Morgan fingerprint density at radius 3 is 2.75 bits per heavy atom. The molecule has 20 heavy (non-hydrogen) atoms. The minimum Gasteiger partial charge on any atom is -0.378 e. The number of ether oxygens (including phenoxy) is 1. The highest BCUT2D eigenvalue weighted by Gasteiger charge is 2.19. The molecule has 1 heterocycles. The summed E-state index contributed by atoms with van der Waals surface area (Å²) in [5.41, 5.74) is 1.68. The van der Waals surface area contributed by atoms with Crippen molar-refractivity contribution in [2.75, 3.05) is 36.5 Å². The zero-order chi connectivity index (χ0) is 14.5. The molecule has 0 aliphatic carbocycles. The highest BCUT2D eigenvalue weighted by molar-refractivity contribution is 6.34. The lowest BCUT2D eigenvalue weighted by molar-refractivity contribution is -0.116. The molecular weight excluding hydrogens is 276 g/mol. The Bertz CT molecular complexity index is 471. The minimum atomic E-state index is 0.0248. The van der Waals surface area contributed by atoms with Crippen LogP contribution in [0.25, 0.3) is 0 Å². The molecule has 1 N–H and O–H groups in total. The Labute approximate surface area is 125 Å². The predicted octanol–water partition coefficient (Wildman–Crippen LogP) is 3.16. The SMILES string of the molecule is CC(C)CC(=O)Nc1cccc(Cl)c1N1CCOCC1. The molecule has 0 radical (unpaired) electrons. The van der Waals surface area contributed by atoms with E-state index >= 15 is 0 Å². The van der Waals surface area contributed by atoms with E-state index in [9.17, 15) is 4.79 Å². The minimum absolute atomic E-state index is 0.0248. The van der Waals surface area contributed by atoms with Crippen LogP contribution in [0.3, 0.4) is 0 Å². The average molecular weight is 297 g/mol. The standard InChI is InChI=1S/C15H21ClN2O2/c1-11(2)10-14(19)17-13-5-3-4-12(16)15(13)18-6-8-20-9-7-18/h3-5,11H,6-10H2,1-2H3,(H,17,19). The van der Waals surface area contributed by atoms with Crippen LogP contribution in [0.2, 0.25) is 5.02 Å². The molecule has 0 unspecified atom stereocenters. The van der Waals surface area contributed by atoms with Gasteiger partial charge in [0.05, 0.1) is 29.6 Å². The van der Waals surface area contributed by atoms with Crippen molar-refractivity contribution in [1.82, 2.24) is 0 Å². The number of hydrogen-bond acceptors (Lipinski definition) is 3. The van der Waals surface area contributed by atoms with E-state index in [1.54, 1.807) is 0 Å². The monoisotopic (exact) mass is 296 g/mol. The van der Waals surface area contributed by atoms with Crippen LogP contribution in [0, 0.1) is 5.92 Å². The van der Waals surface area contributed by atoms with Gasteiger partial charge in [-0.25, -0.2) is 0 Å². The van der Waals surface area contributed by atoms with Crippen molar-refractivity contribution in [3.05, 3.63) is 23.2 Å². The molecule has 2 rings (SSSR count). The topological polar surface area (TPSA) is 41.6 Å². The number of rotatable bonds is 4. The van der Waals surface area contributed by atoms with Gasteiger partial charge in [0.15, 0.2) is 0 Å². The van der Waals surface area contributed by atoms with Crippen LogP contribution in [0.4, 0.5) is 11.4 Å². The summed E-state index contributed by atoms with van der Waals surface area (Å²) in [6.07, 6.45) is 0.509. The number of nitrogens with zero attached hydrogens (tertiary/aromatic N) is 1. The van der Waals surface area contributed by atoms with Crippen LogP contribution in [-0.2, 0) is 9.53 Å². The van der Waals surface area contributed by atoms with Crippen molar-refractivity contribution in [2.45, 2.75) is 20.3 Å². The van der Waals surface area contributed by atoms with E-state index in [-0.39, 0.29) is 5.91 Å². The number of halogens is 1. The van der Waals surface area contributed by atoms with Gasteiger partial charge in [0.25, 0.3) is 0 Å². The van der Waals surface area contributed by atoms with Gasteiger partial charge < -0.3 is 15.0 Å². The van der Waals surface area contributed by atoms with E-state index < -0.39 is 0 Å². The third-order valence-corrected chi connectivity index (χ3v) is 3.49. The first-order chi connectivity index (χ1) is 9.58. The maximum absolute atomic E-state index is 12.0. The normalized spacial score (nSPS) is 15.5. The van der Waals surface area contributed by atoms with Crippen LogP contribution >= 0.6 is 11.6 Å². The summed E-state index contributed by atoms with van der Waals surface area (Å²) in [6, 6.07) is 5.61. The molecule has 1 aromatic rings. The fourth-order valence-electron chi connectivity index (χ4n) is 2.30. The average Bonchev–Trinajstić information content (AvgIpc) is 2.39. The Morgan fingerprint density at radius 1 is 1.40 bits per heavy atom. The number of carbonyl (C=O) groups excluding carboxylic acids is 1. The third kappa shape index (κ3) is 3.87. The molecule has 1 saturated heterocycles. The number of morpholine rings is 1. The summed E-state index contributed by atoms with van der Waals surface area (Å²) in [5, 5.41) is 3.64. The molecule has 4 nitrogen and oxygen atoms in total. The van der Waals surface area contributed by atoms with Crippen molar-refractivity contribution in [3.8, 4) is 0 Å².